The molecule has 0 aliphatic carbocycles. The molecule has 4 N–H and O–H groups in total. The molecule has 0 spiro atoms. The van der Waals surface area contributed by atoms with Crippen LogP contribution in [-0.4, -0.2) is 4.57 Å². The van der Waals surface area contributed by atoms with Gasteiger partial charge in [0.2, 0.25) is 0 Å². The predicted molar refractivity (Wildman–Crippen MR) is 104 cm³/mol. The number of benzene rings is 3. The Labute approximate surface area is 141 Å². The topological polar surface area (TPSA) is 57.0 Å². The smallest absolute Gasteiger partial charge is 0.0537 e. The van der Waals surface area contributed by atoms with Crippen molar-refractivity contribution in [1.82, 2.24) is 4.57 Å². The fourth-order valence-corrected chi connectivity index (χ4v) is 3.16. The highest BCUT2D eigenvalue weighted by Gasteiger charge is 2.10. The molecule has 0 saturated heterocycles. The fraction of sp³-hybridized carbons (Fsp3) is 0.0476. The minimum atomic E-state index is 1.22. The van der Waals surface area contributed by atoms with Gasteiger partial charge in [-0.05, 0) is 30.7 Å². The molecule has 24 heavy (non-hydrogen) atoms. The maximum Gasteiger partial charge on any atom is 0.0537 e. The number of hydrogen-bond acceptors (Lipinski definition) is 2. The van der Waals surface area contributed by atoms with Gasteiger partial charge in [-0.1, -0.05) is 66.7 Å². The summed E-state index contributed by atoms with van der Waals surface area (Å²) in [5.41, 5.74) is 4.97. The van der Waals surface area contributed by atoms with Crippen molar-refractivity contribution in [2.75, 3.05) is 0 Å². The lowest BCUT2D eigenvalue weighted by molar-refractivity contribution is 1.21. The van der Waals surface area contributed by atoms with Gasteiger partial charge in [-0.2, -0.15) is 0 Å². The van der Waals surface area contributed by atoms with Crippen LogP contribution in [0.2, 0.25) is 0 Å². The third kappa shape index (κ3) is 2.83. The molecule has 0 unspecified atom stereocenters. The maximum atomic E-state index is 4.00. The van der Waals surface area contributed by atoms with Crippen LogP contribution in [0.25, 0.3) is 33.6 Å². The van der Waals surface area contributed by atoms with E-state index in [1.165, 1.54) is 33.1 Å². The second-order valence-electron chi connectivity index (χ2n) is 5.57. The molecule has 0 bridgehead atoms. The van der Waals surface area contributed by atoms with Gasteiger partial charge in [-0.15, -0.1) is 0 Å². The number of allylic oxidation sites excluding steroid dienone is 1. The first-order valence-electron chi connectivity index (χ1n) is 7.90. The van der Waals surface area contributed by atoms with Gasteiger partial charge in [-0.25, -0.2) is 0 Å². The van der Waals surface area contributed by atoms with Crippen LogP contribution >= 0.6 is 0 Å². The first-order valence-corrected chi connectivity index (χ1v) is 7.90. The Morgan fingerprint density at radius 2 is 1.17 bits per heavy atom. The van der Waals surface area contributed by atoms with E-state index in [-0.39, 0.29) is 0 Å². The molecule has 3 heteroatoms. The molecule has 4 rings (SSSR count). The lowest BCUT2D eigenvalue weighted by atomic mass is 10.2. The standard InChI is InChI=1S/C21H17N.H4N2/c1-16(15-17-9-3-2-4-10-17)22-20-13-7-5-11-18(20)19-12-6-8-14-21(19)22;1-2/h2-15H,1H3;1-2H2. The normalized spacial score (nSPS) is 11.4. The molecule has 0 radical (unpaired) electrons. The summed E-state index contributed by atoms with van der Waals surface area (Å²) in [6.07, 6.45) is 2.24. The van der Waals surface area contributed by atoms with Gasteiger partial charge in [0.1, 0.15) is 0 Å². The minimum Gasteiger partial charge on any atom is -0.313 e. The van der Waals surface area contributed by atoms with Gasteiger partial charge in [0.25, 0.3) is 0 Å². The van der Waals surface area contributed by atoms with Crippen LogP contribution in [0, 0.1) is 0 Å². The number of aromatic nitrogens is 1. The Kier molecular flexibility index (Phi) is 4.75. The minimum absolute atomic E-state index is 1.22. The maximum absolute atomic E-state index is 4.00. The summed E-state index contributed by atoms with van der Waals surface area (Å²) in [6.45, 7) is 2.17. The molecule has 0 atom stereocenters. The van der Waals surface area contributed by atoms with Crippen LogP contribution in [0.1, 0.15) is 12.5 Å². The van der Waals surface area contributed by atoms with Crippen molar-refractivity contribution in [2.24, 2.45) is 11.7 Å². The Bertz CT molecular complexity index is 929. The second kappa shape index (κ2) is 7.13. The Morgan fingerprint density at radius 3 is 1.71 bits per heavy atom. The van der Waals surface area contributed by atoms with Gasteiger partial charge in [0.15, 0.2) is 0 Å². The van der Waals surface area contributed by atoms with Crippen LogP contribution in [0.4, 0.5) is 0 Å². The van der Waals surface area contributed by atoms with E-state index in [0.29, 0.717) is 0 Å². The predicted octanol–water partition coefficient (Wildman–Crippen LogP) is 4.63. The number of nitrogens with two attached hydrogens (primary N) is 2. The average molecular weight is 315 g/mol. The molecule has 0 saturated carbocycles. The van der Waals surface area contributed by atoms with Gasteiger partial charge in [0.05, 0.1) is 11.0 Å². The van der Waals surface area contributed by atoms with Crippen molar-refractivity contribution in [1.29, 1.82) is 0 Å². The summed E-state index contributed by atoms with van der Waals surface area (Å²) < 4.78 is 2.34. The molecule has 0 amide bonds. The zero-order valence-corrected chi connectivity index (χ0v) is 13.7. The van der Waals surface area contributed by atoms with Gasteiger partial charge < -0.3 is 4.57 Å². The lowest BCUT2D eigenvalue weighted by Gasteiger charge is -2.08. The Hall–Kier alpha value is -2.88. The highest BCUT2D eigenvalue weighted by atomic mass is 15.0. The van der Waals surface area contributed by atoms with Crippen molar-refractivity contribution in [3.8, 4) is 0 Å². The van der Waals surface area contributed by atoms with Crippen LogP contribution in [0.15, 0.2) is 78.9 Å². The molecule has 4 aromatic rings. The second-order valence-corrected chi connectivity index (χ2v) is 5.57. The molecular formula is C21H21N3. The molecule has 3 nitrogen and oxygen atoms in total. The van der Waals surface area contributed by atoms with Crippen molar-refractivity contribution in [3.05, 3.63) is 84.4 Å². The lowest BCUT2D eigenvalue weighted by Crippen LogP contribution is -2.02. The van der Waals surface area contributed by atoms with E-state index in [0.717, 1.165) is 0 Å². The molecule has 3 aromatic carbocycles. The molecule has 0 aliphatic heterocycles. The number of fused-ring (bicyclic) bond motifs is 3. The summed E-state index contributed by atoms with van der Waals surface area (Å²) in [5.74, 6) is 8.00. The highest BCUT2D eigenvalue weighted by Crippen LogP contribution is 2.31. The summed E-state index contributed by atoms with van der Waals surface area (Å²) in [6, 6.07) is 27.7. The van der Waals surface area contributed by atoms with E-state index < -0.39 is 0 Å². The summed E-state index contributed by atoms with van der Waals surface area (Å²) in [7, 11) is 0. The Balaban J connectivity index is 0.000000815. The molecule has 0 aliphatic rings. The molecular weight excluding hydrogens is 294 g/mol. The third-order valence-electron chi connectivity index (χ3n) is 4.11. The van der Waals surface area contributed by atoms with Gasteiger partial charge >= 0.3 is 0 Å². The van der Waals surface area contributed by atoms with Crippen molar-refractivity contribution in [3.63, 3.8) is 0 Å². The first-order chi connectivity index (χ1) is 11.8. The number of rotatable bonds is 2. The van der Waals surface area contributed by atoms with Crippen molar-refractivity contribution >= 4 is 33.6 Å². The SMILES string of the molecule is CC(=Cc1ccccc1)n1c2ccccc2c2ccccc21.NN. The van der Waals surface area contributed by atoms with Crippen LogP contribution in [-0.2, 0) is 0 Å². The van der Waals surface area contributed by atoms with Crippen LogP contribution < -0.4 is 11.7 Å². The van der Waals surface area contributed by atoms with E-state index >= 15 is 0 Å². The monoisotopic (exact) mass is 315 g/mol. The van der Waals surface area contributed by atoms with E-state index in [1.54, 1.807) is 0 Å². The zero-order valence-electron chi connectivity index (χ0n) is 13.7. The number of para-hydroxylation sites is 2. The zero-order chi connectivity index (χ0) is 16.9. The van der Waals surface area contributed by atoms with Crippen molar-refractivity contribution in [2.45, 2.75) is 6.92 Å². The number of nitrogens with zero attached hydrogens (tertiary/aromatic N) is 1. The number of hydrazine groups is 1. The molecule has 0 fully saturated rings. The first kappa shape index (κ1) is 16.0. The average Bonchev–Trinajstić information content (AvgIpc) is 2.99. The summed E-state index contributed by atoms with van der Waals surface area (Å²) >= 11 is 0. The van der Waals surface area contributed by atoms with Gasteiger partial charge in [0, 0.05) is 16.5 Å². The molecule has 1 aromatic heterocycles. The van der Waals surface area contributed by atoms with E-state index in [2.05, 4.69) is 102 Å². The van der Waals surface area contributed by atoms with E-state index in [4.69, 9.17) is 0 Å². The van der Waals surface area contributed by atoms with E-state index in [1.807, 2.05) is 6.07 Å². The fourth-order valence-electron chi connectivity index (χ4n) is 3.16. The third-order valence-corrected chi connectivity index (χ3v) is 4.11. The molecule has 120 valence electrons. The number of hydrogen-bond donors (Lipinski definition) is 2. The van der Waals surface area contributed by atoms with Gasteiger partial charge in [-0.3, -0.25) is 11.7 Å². The highest BCUT2D eigenvalue weighted by molar-refractivity contribution is 6.10. The summed E-state index contributed by atoms with van der Waals surface area (Å²) in [4.78, 5) is 0. The van der Waals surface area contributed by atoms with Crippen LogP contribution in [0.3, 0.4) is 0 Å². The summed E-state index contributed by atoms with van der Waals surface area (Å²) in [5, 5.41) is 2.61. The Morgan fingerprint density at radius 1 is 0.708 bits per heavy atom. The quantitative estimate of drug-likeness (QED) is 0.418. The van der Waals surface area contributed by atoms with E-state index in [9.17, 15) is 0 Å². The molecule has 1 heterocycles. The van der Waals surface area contributed by atoms with Crippen LogP contribution in [0.5, 0.6) is 0 Å². The largest absolute Gasteiger partial charge is 0.313 e. The van der Waals surface area contributed by atoms with Crippen molar-refractivity contribution < 1.29 is 0 Å².